The number of carbonyl (C=O) groups is 1. The van der Waals surface area contributed by atoms with Crippen LogP contribution in [0.2, 0.25) is 0 Å². The van der Waals surface area contributed by atoms with Crippen molar-refractivity contribution in [2.24, 2.45) is 0 Å². The normalized spacial score (nSPS) is 10.3. The standard InChI is InChI=1S/C15H16FN3O/c1-10-8-12(16)3-2-11(10)4-6-19-15(20)14-9-13(17)5-7-18-14/h2-3,5,7-9H,4,6H2,1H3,(H2,17,18)(H,19,20). The number of carbonyl (C=O) groups excluding carboxylic acids is 1. The van der Waals surface area contributed by atoms with Crippen LogP contribution in [0.15, 0.2) is 36.5 Å². The van der Waals surface area contributed by atoms with E-state index in [1.54, 1.807) is 12.1 Å². The summed E-state index contributed by atoms with van der Waals surface area (Å²) in [5, 5.41) is 2.77. The fourth-order valence-electron chi connectivity index (χ4n) is 1.91. The van der Waals surface area contributed by atoms with Crippen molar-refractivity contribution in [1.29, 1.82) is 0 Å². The molecule has 0 aliphatic rings. The number of hydrogen-bond donors (Lipinski definition) is 2. The predicted molar refractivity (Wildman–Crippen MR) is 75.8 cm³/mol. The molecular weight excluding hydrogens is 257 g/mol. The topological polar surface area (TPSA) is 68.0 Å². The first-order valence-corrected chi connectivity index (χ1v) is 6.31. The Balaban J connectivity index is 1.91. The second-order valence-electron chi connectivity index (χ2n) is 4.55. The summed E-state index contributed by atoms with van der Waals surface area (Å²) in [6.45, 7) is 2.31. The van der Waals surface area contributed by atoms with Gasteiger partial charge in [0.2, 0.25) is 0 Å². The number of aromatic nitrogens is 1. The van der Waals surface area contributed by atoms with Gasteiger partial charge in [0.1, 0.15) is 11.5 Å². The van der Waals surface area contributed by atoms with Crippen molar-refractivity contribution in [2.45, 2.75) is 13.3 Å². The smallest absolute Gasteiger partial charge is 0.269 e. The number of nitrogens with two attached hydrogens (primary N) is 1. The molecule has 0 saturated heterocycles. The highest BCUT2D eigenvalue weighted by atomic mass is 19.1. The number of halogens is 1. The van der Waals surface area contributed by atoms with Crippen LogP contribution in [0, 0.1) is 12.7 Å². The Morgan fingerprint density at radius 2 is 2.15 bits per heavy atom. The Morgan fingerprint density at radius 1 is 1.35 bits per heavy atom. The van der Waals surface area contributed by atoms with Crippen LogP contribution in [0.5, 0.6) is 0 Å². The summed E-state index contributed by atoms with van der Waals surface area (Å²) in [6, 6.07) is 7.78. The fraction of sp³-hybridized carbons (Fsp3) is 0.200. The molecule has 0 aliphatic carbocycles. The van der Waals surface area contributed by atoms with E-state index in [4.69, 9.17) is 5.73 Å². The number of nitrogen functional groups attached to an aromatic ring is 1. The van der Waals surface area contributed by atoms with E-state index in [-0.39, 0.29) is 11.7 Å². The molecule has 0 unspecified atom stereocenters. The maximum absolute atomic E-state index is 13.0. The first-order valence-electron chi connectivity index (χ1n) is 6.31. The van der Waals surface area contributed by atoms with Crippen LogP contribution in [-0.4, -0.2) is 17.4 Å². The van der Waals surface area contributed by atoms with Gasteiger partial charge in [0.05, 0.1) is 0 Å². The number of nitrogens with zero attached hydrogens (tertiary/aromatic N) is 1. The largest absolute Gasteiger partial charge is 0.399 e. The Kier molecular flexibility index (Phi) is 4.30. The summed E-state index contributed by atoms with van der Waals surface area (Å²) in [6.07, 6.45) is 2.13. The van der Waals surface area contributed by atoms with E-state index >= 15 is 0 Å². The molecule has 0 saturated carbocycles. The summed E-state index contributed by atoms with van der Waals surface area (Å²) < 4.78 is 13.0. The van der Waals surface area contributed by atoms with Gasteiger partial charge in [-0.2, -0.15) is 0 Å². The molecule has 1 aromatic heterocycles. The summed E-state index contributed by atoms with van der Waals surface area (Å²) in [4.78, 5) is 15.8. The maximum atomic E-state index is 13.0. The molecule has 2 rings (SSSR count). The van der Waals surface area contributed by atoms with Crippen molar-refractivity contribution in [1.82, 2.24) is 10.3 Å². The van der Waals surface area contributed by atoms with E-state index in [1.165, 1.54) is 24.4 Å². The number of rotatable bonds is 4. The molecule has 4 nitrogen and oxygen atoms in total. The van der Waals surface area contributed by atoms with Crippen molar-refractivity contribution in [3.8, 4) is 0 Å². The van der Waals surface area contributed by atoms with Crippen molar-refractivity contribution >= 4 is 11.6 Å². The van der Waals surface area contributed by atoms with Gasteiger partial charge in [0.15, 0.2) is 0 Å². The van der Waals surface area contributed by atoms with Crippen molar-refractivity contribution in [3.05, 3.63) is 59.2 Å². The first-order chi connectivity index (χ1) is 9.56. The van der Waals surface area contributed by atoms with Gasteiger partial charge in [0.25, 0.3) is 5.91 Å². The quantitative estimate of drug-likeness (QED) is 0.896. The minimum Gasteiger partial charge on any atom is -0.399 e. The summed E-state index contributed by atoms with van der Waals surface area (Å²) >= 11 is 0. The average molecular weight is 273 g/mol. The van der Waals surface area contributed by atoms with Crippen LogP contribution < -0.4 is 11.1 Å². The number of benzene rings is 1. The van der Waals surface area contributed by atoms with E-state index in [9.17, 15) is 9.18 Å². The predicted octanol–water partition coefficient (Wildman–Crippen LogP) is 2.08. The van der Waals surface area contributed by atoms with Gasteiger partial charge in [-0.1, -0.05) is 6.07 Å². The fourth-order valence-corrected chi connectivity index (χ4v) is 1.91. The van der Waals surface area contributed by atoms with Crippen LogP contribution in [-0.2, 0) is 6.42 Å². The SMILES string of the molecule is Cc1cc(F)ccc1CCNC(=O)c1cc(N)ccn1. The lowest BCUT2D eigenvalue weighted by molar-refractivity contribution is 0.0949. The average Bonchev–Trinajstić information content (AvgIpc) is 2.41. The zero-order chi connectivity index (χ0) is 14.5. The van der Waals surface area contributed by atoms with E-state index in [1.807, 2.05) is 6.92 Å². The number of nitrogens with one attached hydrogen (secondary N) is 1. The molecule has 0 fully saturated rings. The van der Waals surface area contributed by atoms with E-state index in [0.717, 1.165) is 11.1 Å². The third kappa shape index (κ3) is 3.54. The van der Waals surface area contributed by atoms with Gasteiger partial charge in [0, 0.05) is 18.4 Å². The van der Waals surface area contributed by atoms with Crippen LogP contribution in [0.1, 0.15) is 21.6 Å². The second-order valence-corrected chi connectivity index (χ2v) is 4.55. The number of anilines is 1. The van der Waals surface area contributed by atoms with Gasteiger partial charge in [-0.15, -0.1) is 0 Å². The minimum atomic E-state index is -0.267. The number of pyridine rings is 1. The molecule has 1 heterocycles. The molecule has 3 N–H and O–H groups in total. The monoisotopic (exact) mass is 273 g/mol. The Bertz CT molecular complexity index is 628. The minimum absolute atomic E-state index is 0.251. The molecule has 1 amide bonds. The lowest BCUT2D eigenvalue weighted by Gasteiger charge is -2.07. The molecule has 0 atom stereocenters. The lowest BCUT2D eigenvalue weighted by Crippen LogP contribution is -2.26. The number of amides is 1. The molecule has 5 heteroatoms. The first kappa shape index (κ1) is 14.0. The third-order valence-electron chi connectivity index (χ3n) is 3.00. The Labute approximate surface area is 116 Å². The Morgan fingerprint density at radius 3 is 2.85 bits per heavy atom. The highest BCUT2D eigenvalue weighted by molar-refractivity contribution is 5.92. The van der Waals surface area contributed by atoms with Crippen molar-refractivity contribution in [3.63, 3.8) is 0 Å². The number of hydrogen-bond acceptors (Lipinski definition) is 3. The second kappa shape index (κ2) is 6.14. The highest BCUT2D eigenvalue weighted by Gasteiger charge is 2.07. The number of aryl methyl sites for hydroxylation is 1. The molecule has 20 heavy (non-hydrogen) atoms. The van der Waals surface area contributed by atoms with Gasteiger partial charge in [-0.05, 0) is 48.7 Å². The molecular formula is C15H16FN3O. The zero-order valence-electron chi connectivity index (χ0n) is 11.2. The Hall–Kier alpha value is -2.43. The third-order valence-corrected chi connectivity index (χ3v) is 3.00. The maximum Gasteiger partial charge on any atom is 0.269 e. The van der Waals surface area contributed by atoms with Crippen LogP contribution in [0.3, 0.4) is 0 Å². The summed E-state index contributed by atoms with van der Waals surface area (Å²) in [5.41, 5.74) is 8.27. The van der Waals surface area contributed by atoms with Gasteiger partial charge >= 0.3 is 0 Å². The molecule has 0 aliphatic heterocycles. The van der Waals surface area contributed by atoms with E-state index < -0.39 is 0 Å². The molecule has 0 radical (unpaired) electrons. The molecule has 104 valence electrons. The van der Waals surface area contributed by atoms with Gasteiger partial charge in [-0.3, -0.25) is 9.78 Å². The van der Waals surface area contributed by atoms with Gasteiger partial charge < -0.3 is 11.1 Å². The molecule has 1 aromatic carbocycles. The molecule has 2 aromatic rings. The molecule has 0 spiro atoms. The van der Waals surface area contributed by atoms with E-state index in [0.29, 0.717) is 24.3 Å². The molecule has 0 bridgehead atoms. The summed E-state index contributed by atoms with van der Waals surface area (Å²) in [5.74, 6) is -0.517. The highest BCUT2D eigenvalue weighted by Crippen LogP contribution is 2.10. The summed E-state index contributed by atoms with van der Waals surface area (Å²) in [7, 11) is 0. The van der Waals surface area contributed by atoms with E-state index in [2.05, 4.69) is 10.3 Å². The zero-order valence-corrected chi connectivity index (χ0v) is 11.2. The van der Waals surface area contributed by atoms with Gasteiger partial charge in [-0.25, -0.2) is 4.39 Å². The van der Waals surface area contributed by atoms with Crippen LogP contribution in [0.4, 0.5) is 10.1 Å². The lowest BCUT2D eigenvalue weighted by atomic mass is 10.1. The van der Waals surface area contributed by atoms with Crippen LogP contribution in [0.25, 0.3) is 0 Å². The van der Waals surface area contributed by atoms with Crippen molar-refractivity contribution < 1.29 is 9.18 Å². The van der Waals surface area contributed by atoms with Crippen LogP contribution >= 0.6 is 0 Å². The van der Waals surface area contributed by atoms with Crippen molar-refractivity contribution in [2.75, 3.05) is 12.3 Å².